The van der Waals surface area contributed by atoms with Crippen molar-refractivity contribution in [1.29, 1.82) is 0 Å². The van der Waals surface area contributed by atoms with Gasteiger partial charge in [-0.15, -0.1) is 0 Å². The standard InChI is InChI=1S/C16H23NO3/c1-17-16(18)15(14-8-5-9-19-11-14)12-20-10-13-6-3-2-4-7-13/h2-4,6-7,14-15H,5,8-12H2,1H3,(H,17,18). The molecule has 1 saturated heterocycles. The van der Waals surface area contributed by atoms with E-state index in [9.17, 15) is 4.79 Å². The Labute approximate surface area is 120 Å². The molecule has 1 heterocycles. The van der Waals surface area contributed by atoms with Crippen molar-refractivity contribution in [2.75, 3.05) is 26.9 Å². The van der Waals surface area contributed by atoms with E-state index in [1.807, 2.05) is 30.3 Å². The van der Waals surface area contributed by atoms with Crippen LogP contribution in [0.1, 0.15) is 18.4 Å². The Morgan fingerprint density at radius 2 is 2.25 bits per heavy atom. The van der Waals surface area contributed by atoms with Crippen LogP contribution in [0.5, 0.6) is 0 Å². The van der Waals surface area contributed by atoms with Crippen LogP contribution in [0.2, 0.25) is 0 Å². The largest absolute Gasteiger partial charge is 0.381 e. The van der Waals surface area contributed by atoms with E-state index < -0.39 is 0 Å². The van der Waals surface area contributed by atoms with Crippen molar-refractivity contribution in [2.45, 2.75) is 19.4 Å². The molecule has 110 valence electrons. The molecule has 4 nitrogen and oxygen atoms in total. The molecule has 0 aromatic heterocycles. The summed E-state index contributed by atoms with van der Waals surface area (Å²) in [5, 5.41) is 2.74. The average Bonchev–Trinajstić information content (AvgIpc) is 2.53. The smallest absolute Gasteiger partial charge is 0.225 e. The molecule has 0 bridgehead atoms. The maximum absolute atomic E-state index is 12.0. The lowest BCUT2D eigenvalue weighted by atomic mass is 9.87. The number of carbonyl (C=O) groups is 1. The number of ether oxygens (including phenoxy) is 2. The molecule has 1 aromatic carbocycles. The van der Waals surface area contributed by atoms with Gasteiger partial charge in [-0.05, 0) is 24.3 Å². The number of benzene rings is 1. The number of hydrogen-bond donors (Lipinski definition) is 1. The summed E-state index contributed by atoms with van der Waals surface area (Å²) in [7, 11) is 1.68. The lowest BCUT2D eigenvalue weighted by Gasteiger charge is -2.28. The number of nitrogens with one attached hydrogen (secondary N) is 1. The van der Waals surface area contributed by atoms with E-state index >= 15 is 0 Å². The van der Waals surface area contributed by atoms with Crippen molar-refractivity contribution in [3.63, 3.8) is 0 Å². The summed E-state index contributed by atoms with van der Waals surface area (Å²) < 4.78 is 11.2. The van der Waals surface area contributed by atoms with Crippen LogP contribution in [0.25, 0.3) is 0 Å². The van der Waals surface area contributed by atoms with Gasteiger partial charge in [0.1, 0.15) is 0 Å². The van der Waals surface area contributed by atoms with Crippen LogP contribution in [-0.2, 0) is 20.9 Å². The van der Waals surface area contributed by atoms with Crippen LogP contribution in [0.3, 0.4) is 0 Å². The Kier molecular flexibility index (Phi) is 6.02. The zero-order chi connectivity index (χ0) is 14.2. The topological polar surface area (TPSA) is 47.6 Å². The second kappa shape index (κ2) is 8.02. The predicted molar refractivity (Wildman–Crippen MR) is 77.2 cm³/mol. The van der Waals surface area contributed by atoms with E-state index in [1.165, 1.54) is 0 Å². The van der Waals surface area contributed by atoms with Gasteiger partial charge in [-0.25, -0.2) is 0 Å². The van der Waals surface area contributed by atoms with Gasteiger partial charge in [-0.1, -0.05) is 30.3 Å². The van der Waals surface area contributed by atoms with E-state index in [1.54, 1.807) is 7.05 Å². The van der Waals surface area contributed by atoms with Gasteiger partial charge in [-0.3, -0.25) is 4.79 Å². The molecule has 2 atom stereocenters. The first-order chi connectivity index (χ1) is 9.81. The second-order valence-electron chi connectivity index (χ2n) is 5.20. The van der Waals surface area contributed by atoms with Crippen molar-refractivity contribution < 1.29 is 14.3 Å². The van der Waals surface area contributed by atoms with E-state index in [2.05, 4.69) is 5.32 Å². The van der Waals surface area contributed by atoms with Crippen LogP contribution in [0, 0.1) is 11.8 Å². The Hall–Kier alpha value is -1.39. The highest BCUT2D eigenvalue weighted by Crippen LogP contribution is 2.23. The van der Waals surface area contributed by atoms with Crippen LogP contribution in [-0.4, -0.2) is 32.8 Å². The molecule has 1 aromatic rings. The van der Waals surface area contributed by atoms with Crippen LogP contribution in [0.4, 0.5) is 0 Å². The molecule has 0 spiro atoms. The maximum atomic E-state index is 12.0. The molecule has 1 N–H and O–H groups in total. The molecular formula is C16H23NO3. The Morgan fingerprint density at radius 1 is 1.45 bits per heavy atom. The molecule has 1 aliphatic heterocycles. The van der Waals surface area contributed by atoms with Crippen molar-refractivity contribution in [3.8, 4) is 0 Å². The lowest BCUT2D eigenvalue weighted by molar-refractivity contribution is -0.131. The molecule has 1 fully saturated rings. The van der Waals surface area contributed by atoms with E-state index in [0.717, 1.165) is 25.0 Å². The second-order valence-corrected chi connectivity index (χ2v) is 5.20. The van der Waals surface area contributed by atoms with Gasteiger partial charge < -0.3 is 14.8 Å². The molecule has 0 radical (unpaired) electrons. The molecule has 0 saturated carbocycles. The summed E-state index contributed by atoms with van der Waals surface area (Å²) in [5.74, 6) is 0.192. The number of amides is 1. The summed E-state index contributed by atoms with van der Waals surface area (Å²) >= 11 is 0. The first kappa shape index (κ1) is 15.0. The van der Waals surface area contributed by atoms with Gasteiger partial charge in [0.15, 0.2) is 0 Å². The van der Waals surface area contributed by atoms with E-state index in [0.29, 0.717) is 19.8 Å². The number of rotatable bonds is 6. The molecule has 2 rings (SSSR count). The van der Waals surface area contributed by atoms with Gasteiger partial charge in [0.25, 0.3) is 0 Å². The fourth-order valence-electron chi connectivity index (χ4n) is 2.57. The molecule has 20 heavy (non-hydrogen) atoms. The minimum atomic E-state index is -0.121. The maximum Gasteiger partial charge on any atom is 0.225 e. The fraction of sp³-hybridized carbons (Fsp3) is 0.562. The first-order valence-corrected chi connectivity index (χ1v) is 7.22. The van der Waals surface area contributed by atoms with Crippen LogP contribution < -0.4 is 5.32 Å². The Bertz CT molecular complexity index is 401. The zero-order valence-corrected chi connectivity index (χ0v) is 12.0. The van der Waals surface area contributed by atoms with Crippen molar-refractivity contribution in [3.05, 3.63) is 35.9 Å². The van der Waals surface area contributed by atoms with Gasteiger partial charge >= 0.3 is 0 Å². The summed E-state index contributed by atoms with van der Waals surface area (Å²) in [6, 6.07) is 10.0. The minimum Gasteiger partial charge on any atom is -0.381 e. The van der Waals surface area contributed by atoms with Crippen LogP contribution >= 0.6 is 0 Å². The Balaban J connectivity index is 1.85. The predicted octanol–water partition coefficient (Wildman–Crippen LogP) is 1.99. The van der Waals surface area contributed by atoms with E-state index in [4.69, 9.17) is 9.47 Å². The Morgan fingerprint density at radius 3 is 2.90 bits per heavy atom. The quantitative estimate of drug-likeness (QED) is 0.865. The minimum absolute atomic E-state index is 0.0496. The molecule has 1 aliphatic rings. The van der Waals surface area contributed by atoms with Crippen LogP contribution in [0.15, 0.2) is 30.3 Å². The average molecular weight is 277 g/mol. The van der Waals surface area contributed by atoms with Crippen molar-refractivity contribution in [1.82, 2.24) is 5.32 Å². The summed E-state index contributed by atoms with van der Waals surface area (Å²) in [5.41, 5.74) is 1.13. The zero-order valence-electron chi connectivity index (χ0n) is 12.0. The summed E-state index contributed by atoms with van der Waals surface area (Å²) in [6.07, 6.45) is 2.06. The third-order valence-corrected chi connectivity index (χ3v) is 3.76. The number of hydrogen-bond acceptors (Lipinski definition) is 3. The highest BCUT2D eigenvalue weighted by molar-refractivity contribution is 5.78. The molecule has 0 aliphatic carbocycles. The molecule has 1 amide bonds. The third kappa shape index (κ3) is 4.32. The highest BCUT2D eigenvalue weighted by atomic mass is 16.5. The summed E-state index contributed by atoms with van der Waals surface area (Å²) in [4.78, 5) is 12.0. The SMILES string of the molecule is CNC(=O)C(COCc1ccccc1)C1CCCOC1. The first-order valence-electron chi connectivity index (χ1n) is 7.22. The normalized spacial score (nSPS) is 20.4. The summed E-state index contributed by atoms with van der Waals surface area (Å²) in [6.45, 7) is 2.46. The number of carbonyl (C=O) groups excluding carboxylic acids is 1. The monoisotopic (exact) mass is 277 g/mol. The van der Waals surface area contributed by atoms with E-state index in [-0.39, 0.29) is 17.7 Å². The van der Waals surface area contributed by atoms with Gasteiger partial charge in [0, 0.05) is 13.7 Å². The van der Waals surface area contributed by atoms with Crippen molar-refractivity contribution >= 4 is 5.91 Å². The third-order valence-electron chi connectivity index (χ3n) is 3.76. The molecule has 4 heteroatoms. The highest BCUT2D eigenvalue weighted by Gasteiger charge is 2.29. The fourth-order valence-corrected chi connectivity index (χ4v) is 2.57. The van der Waals surface area contributed by atoms with Crippen molar-refractivity contribution in [2.24, 2.45) is 11.8 Å². The van der Waals surface area contributed by atoms with Gasteiger partial charge in [0.2, 0.25) is 5.91 Å². The molecular weight excluding hydrogens is 254 g/mol. The molecule has 2 unspecified atom stereocenters. The lowest BCUT2D eigenvalue weighted by Crippen LogP contribution is -2.39. The van der Waals surface area contributed by atoms with Gasteiger partial charge in [0.05, 0.1) is 25.7 Å². The van der Waals surface area contributed by atoms with Gasteiger partial charge in [-0.2, -0.15) is 0 Å².